The summed E-state index contributed by atoms with van der Waals surface area (Å²) >= 11 is 0. The van der Waals surface area contributed by atoms with Crippen molar-refractivity contribution in [2.45, 2.75) is 98.8 Å². The SMILES string of the molecule is CCCCCCCC(CC)C(CC)(CC)CC. The molecule has 0 fully saturated rings. The maximum absolute atomic E-state index is 2.40. The molecule has 0 heterocycles. The Hall–Kier alpha value is 0. The molecule has 1 atom stereocenters. The van der Waals surface area contributed by atoms with Gasteiger partial charge in [0.05, 0.1) is 0 Å². The lowest BCUT2D eigenvalue weighted by atomic mass is 9.66. The van der Waals surface area contributed by atoms with E-state index in [0.717, 1.165) is 5.92 Å². The van der Waals surface area contributed by atoms with Gasteiger partial charge in [-0.3, -0.25) is 0 Å². The van der Waals surface area contributed by atoms with Crippen LogP contribution < -0.4 is 0 Å². The fourth-order valence-electron chi connectivity index (χ4n) is 3.55. The molecule has 0 aromatic heterocycles. The second kappa shape index (κ2) is 9.97. The number of unbranched alkanes of at least 4 members (excludes halogenated alkanes) is 4. The van der Waals surface area contributed by atoms with Gasteiger partial charge >= 0.3 is 0 Å². The number of hydrogen-bond donors (Lipinski definition) is 0. The summed E-state index contributed by atoms with van der Waals surface area (Å²) < 4.78 is 0. The molecule has 0 heteroatoms. The summed E-state index contributed by atoms with van der Waals surface area (Å²) in [5.41, 5.74) is 0.638. The highest BCUT2D eigenvalue weighted by atomic mass is 14.4. The predicted molar refractivity (Wildman–Crippen MR) is 80.5 cm³/mol. The fraction of sp³-hybridized carbons (Fsp3) is 1.00. The third-order valence-corrected chi connectivity index (χ3v) is 5.13. The Bertz CT molecular complexity index is 147. The molecule has 0 amide bonds. The molecule has 104 valence electrons. The van der Waals surface area contributed by atoms with Crippen LogP contribution in [0.25, 0.3) is 0 Å². The molecular weight excluding hydrogens is 204 g/mol. The van der Waals surface area contributed by atoms with Crippen LogP contribution in [0.15, 0.2) is 0 Å². The van der Waals surface area contributed by atoms with Crippen molar-refractivity contribution >= 4 is 0 Å². The Morgan fingerprint density at radius 1 is 0.706 bits per heavy atom. The van der Waals surface area contributed by atoms with Crippen LogP contribution in [0.1, 0.15) is 98.8 Å². The van der Waals surface area contributed by atoms with E-state index in [0.29, 0.717) is 5.41 Å². The Morgan fingerprint density at radius 2 is 1.24 bits per heavy atom. The molecule has 0 aromatic rings. The van der Waals surface area contributed by atoms with Gasteiger partial charge in [-0.05, 0) is 17.8 Å². The molecule has 0 radical (unpaired) electrons. The van der Waals surface area contributed by atoms with E-state index in [4.69, 9.17) is 0 Å². The normalized spacial score (nSPS) is 13.9. The molecule has 0 rings (SSSR count). The molecule has 0 aliphatic rings. The monoisotopic (exact) mass is 240 g/mol. The Morgan fingerprint density at radius 3 is 1.65 bits per heavy atom. The standard InChI is InChI=1S/C17H36/c1-6-11-12-13-14-15-16(7-2)17(8-3,9-4)10-5/h16H,6-15H2,1-5H3. The first-order valence-corrected chi connectivity index (χ1v) is 8.20. The van der Waals surface area contributed by atoms with Crippen LogP contribution in [-0.2, 0) is 0 Å². The van der Waals surface area contributed by atoms with Gasteiger partial charge < -0.3 is 0 Å². The molecule has 17 heavy (non-hydrogen) atoms. The molecule has 0 saturated carbocycles. The van der Waals surface area contributed by atoms with Gasteiger partial charge in [-0.1, -0.05) is 92.4 Å². The number of hydrogen-bond acceptors (Lipinski definition) is 0. The molecule has 0 nitrogen and oxygen atoms in total. The largest absolute Gasteiger partial charge is 0.0654 e. The van der Waals surface area contributed by atoms with Gasteiger partial charge in [-0.2, -0.15) is 0 Å². The molecule has 0 saturated heterocycles. The van der Waals surface area contributed by atoms with Crippen molar-refractivity contribution in [3.8, 4) is 0 Å². The second-order valence-corrected chi connectivity index (χ2v) is 5.73. The summed E-state index contributed by atoms with van der Waals surface area (Å²) in [5, 5.41) is 0. The van der Waals surface area contributed by atoms with E-state index in [1.165, 1.54) is 64.2 Å². The lowest BCUT2D eigenvalue weighted by molar-refractivity contribution is 0.118. The zero-order chi connectivity index (χ0) is 13.1. The Balaban J connectivity index is 4.11. The van der Waals surface area contributed by atoms with Crippen molar-refractivity contribution in [2.75, 3.05) is 0 Å². The second-order valence-electron chi connectivity index (χ2n) is 5.73. The first-order valence-electron chi connectivity index (χ1n) is 8.20. The van der Waals surface area contributed by atoms with Crippen molar-refractivity contribution in [2.24, 2.45) is 11.3 Å². The van der Waals surface area contributed by atoms with Crippen LogP contribution in [-0.4, -0.2) is 0 Å². The van der Waals surface area contributed by atoms with Crippen molar-refractivity contribution in [3.05, 3.63) is 0 Å². The van der Waals surface area contributed by atoms with E-state index in [2.05, 4.69) is 34.6 Å². The van der Waals surface area contributed by atoms with Crippen molar-refractivity contribution in [1.82, 2.24) is 0 Å². The first kappa shape index (κ1) is 17.0. The molecule has 0 aliphatic heterocycles. The molecule has 0 N–H and O–H groups in total. The van der Waals surface area contributed by atoms with Crippen LogP contribution in [0, 0.1) is 11.3 Å². The van der Waals surface area contributed by atoms with Crippen LogP contribution in [0.3, 0.4) is 0 Å². The van der Waals surface area contributed by atoms with E-state index in [-0.39, 0.29) is 0 Å². The quantitative estimate of drug-likeness (QED) is 0.357. The lowest BCUT2D eigenvalue weighted by Gasteiger charge is -2.39. The van der Waals surface area contributed by atoms with Gasteiger partial charge in [0.15, 0.2) is 0 Å². The summed E-state index contributed by atoms with van der Waals surface area (Å²) in [6.07, 6.45) is 14.1. The van der Waals surface area contributed by atoms with Crippen molar-refractivity contribution in [3.63, 3.8) is 0 Å². The van der Waals surface area contributed by atoms with Crippen molar-refractivity contribution in [1.29, 1.82) is 0 Å². The average molecular weight is 240 g/mol. The maximum Gasteiger partial charge on any atom is -0.0277 e. The van der Waals surface area contributed by atoms with E-state index in [1.54, 1.807) is 0 Å². The molecular formula is C17H36. The first-order chi connectivity index (χ1) is 8.20. The minimum atomic E-state index is 0.638. The van der Waals surface area contributed by atoms with Crippen molar-refractivity contribution < 1.29 is 0 Å². The summed E-state index contributed by atoms with van der Waals surface area (Å²) in [4.78, 5) is 0. The van der Waals surface area contributed by atoms with Gasteiger partial charge in [0.1, 0.15) is 0 Å². The third-order valence-electron chi connectivity index (χ3n) is 5.13. The predicted octanol–water partition coefficient (Wildman–Crippen LogP) is 6.59. The highest BCUT2D eigenvalue weighted by Gasteiger charge is 2.31. The minimum absolute atomic E-state index is 0.638. The summed E-state index contributed by atoms with van der Waals surface area (Å²) in [5.74, 6) is 0.962. The van der Waals surface area contributed by atoms with Gasteiger partial charge in [0.2, 0.25) is 0 Å². The summed E-state index contributed by atoms with van der Waals surface area (Å²) in [6, 6.07) is 0. The molecule has 0 bridgehead atoms. The third kappa shape index (κ3) is 5.44. The molecule has 1 unspecified atom stereocenters. The van der Waals surface area contributed by atoms with Gasteiger partial charge in [-0.25, -0.2) is 0 Å². The van der Waals surface area contributed by atoms with Crippen LogP contribution >= 0.6 is 0 Å². The van der Waals surface area contributed by atoms with E-state index >= 15 is 0 Å². The van der Waals surface area contributed by atoms with E-state index < -0.39 is 0 Å². The summed E-state index contributed by atoms with van der Waals surface area (Å²) in [7, 11) is 0. The zero-order valence-electron chi connectivity index (χ0n) is 13.1. The molecule has 0 aliphatic carbocycles. The Kier molecular flexibility index (Phi) is 9.97. The minimum Gasteiger partial charge on any atom is -0.0654 e. The Labute approximate surface area is 111 Å². The van der Waals surface area contributed by atoms with Gasteiger partial charge in [-0.15, -0.1) is 0 Å². The highest BCUT2D eigenvalue weighted by Crippen LogP contribution is 2.43. The van der Waals surface area contributed by atoms with Crippen LogP contribution in [0.5, 0.6) is 0 Å². The van der Waals surface area contributed by atoms with Crippen LogP contribution in [0.4, 0.5) is 0 Å². The van der Waals surface area contributed by atoms with E-state index in [9.17, 15) is 0 Å². The molecule has 0 aromatic carbocycles. The highest BCUT2D eigenvalue weighted by molar-refractivity contribution is 4.82. The van der Waals surface area contributed by atoms with Gasteiger partial charge in [0.25, 0.3) is 0 Å². The number of rotatable bonds is 11. The average Bonchev–Trinajstić information content (AvgIpc) is 2.38. The smallest absolute Gasteiger partial charge is 0.0277 e. The lowest BCUT2D eigenvalue weighted by Crippen LogP contribution is -2.28. The fourth-order valence-corrected chi connectivity index (χ4v) is 3.55. The zero-order valence-corrected chi connectivity index (χ0v) is 13.1. The van der Waals surface area contributed by atoms with E-state index in [1.807, 2.05) is 0 Å². The maximum atomic E-state index is 2.40. The van der Waals surface area contributed by atoms with Gasteiger partial charge in [0, 0.05) is 0 Å². The topological polar surface area (TPSA) is 0 Å². The summed E-state index contributed by atoms with van der Waals surface area (Å²) in [6.45, 7) is 11.9. The molecule has 0 spiro atoms. The van der Waals surface area contributed by atoms with Crippen LogP contribution in [0.2, 0.25) is 0 Å².